The minimum absolute atomic E-state index is 0.00695. The number of anilines is 2. The van der Waals surface area contributed by atoms with Gasteiger partial charge in [-0.2, -0.15) is 13.2 Å². The summed E-state index contributed by atoms with van der Waals surface area (Å²) in [5, 5.41) is 2.37. The van der Waals surface area contributed by atoms with Crippen molar-refractivity contribution >= 4 is 27.3 Å². The fraction of sp³-hybridized carbons (Fsp3) is 0.0870. The van der Waals surface area contributed by atoms with Crippen LogP contribution in [-0.4, -0.2) is 20.9 Å². The van der Waals surface area contributed by atoms with Gasteiger partial charge in [0.2, 0.25) is 0 Å². The molecule has 3 aromatic rings. The Kier molecular flexibility index (Phi) is 6.69. The van der Waals surface area contributed by atoms with Gasteiger partial charge in [0.15, 0.2) is 0 Å². The normalized spacial score (nSPS) is 11.6. The Hall–Kier alpha value is -3.59. The van der Waals surface area contributed by atoms with Gasteiger partial charge in [0, 0.05) is 11.3 Å². The monoisotopic (exact) mass is 460 g/mol. The molecular weight excluding hydrogens is 441 g/mol. The van der Waals surface area contributed by atoms with E-state index in [0.717, 1.165) is 16.4 Å². The van der Waals surface area contributed by atoms with E-state index in [4.69, 9.17) is 0 Å². The fourth-order valence-electron chi connectivity index (χ4n) is 2.96. The van der Waals surface area contributed by atoms with Gasteiger partial charge in [-0.15, -0.1) is 6.58 Å². The number of carbonyl (C=O) groups is 1. The van der Waals surface area contributed by atoms with Gasteiger partial charge in [-0.25, -0.2) is 8.42 Å². The van der Waals surface area contributed by atoms with E-state index in [0.29, 0.717) is 5.69 Å². The number of rotatable bonds is 7. The summed E-state index contributed by atoms with van der Waals surface area (Å²) in [6, 6.07) is 17.9. The molecule has 3 aromatic carbocycles. The SMILES string of the molecule is C=CCN(c1ccccc1)S(=O)(=O)c1cccc(C(=O)Nc2cccc(C(F)(F)F)c2)c1. The van der Waals surface area contributed by atoms with Crippen molar-refractivity contribution in [3.05, 3.63) is 103 Å². The number of hydrogen-bond acceptors (Lipinski definition) is 3. The number of halogens is 3. The molecular formula is C23H19F3N2O3S. The van der Waals surface area contributed by atoms with E-state index in [9.17, 15) is 26.4 Å². The van der Waals surface area contributed by atoms with Gasteiger partial charge in [0.1, 0.15) is 0 Å². The first-order valence-corrected chi connectivity index (χ1v) is 10.8. The summed E-state index contributed by atoms with van der Waals surface area (Å²) in [7, 11) is -4.04. The molecule has 0 heterocycles. The summed E-state index contributed by atoms with van der Waals surface area (Å²) in [6.07, 6.45) is -3.12. The maximum Gasteiger partial charge on any atom is 0.416 e. The molecule has 0 fully saturated rings. The van der Waals surface area contributed by atoms with E-state index in [1.807, 2.05) is 0 Å². The van der Waals surface area contributed by atoms with Crippen LogP contribution in [0.4, 0.5) is 24.5 Å². The van der Waals surface area contributed by atoms with Crippen molar-refractivity contribution in [2.75, 3.05) is 16.2 Å². The molecule has 0 bridgehead atoms. The third-order valence-corrected chi connectivity index (χ3v) is 6.26. The van der Waals surface area contributed by atoms with Crippen molar-refractivity contribution in [1.82, 2.24) is 0 Å². The zero-order chi connectivity index (χ0) is 23.4. The van der Waals surface area contributed by atoms with Crippen LogP contribution in [-0.2, 0) is 16.2 Å². The maximum atomic E-state index is 13.2. The van der Waals surface area contributed by atoms with Gasteiger partial charge in [-0.05, 0) is 48.5 Å². The summed E-state index contributed by atoms with van der Waals surface area (Å²) in [5.74, 6) is -0.739. The lowest BCUT2D eigenvalue weighted by molar-refractivity contribution is -0.137. The van der Waals surface area contributed by atoms with E-state index < -0.39 is 27.7 Å². The minimum Gasteiger partial charge on any atom is -0.322 e. The van der Waals surface area contributed by atoms with Crippen LogP contribution >= 0.6 is 0 Å². The molecule has 3 rings (SSSR count). The average molecular weight is 460 g/mol. The third kappa shape index (κ3) is 5.17. The molecule has 0 unspecified atom stereocenters. The highest BCUT2D eigenvalue weighted by Gasteiger charge is 2.30. The molecule has 166 valence electrons. The van der Waals surface area contributed by atoms with Gasteiger partial charge in [-0.3, -0.25) is 9.10 Å². The molecule has 0 saturated heterocycles. The Morgan fingerprint density at radius 3 is 2.31 bits per heavy atom. The lowest BCUT2D eigenvalue weighted by atomic mass is 10.1. The van der Waals surface area contributed by atoms with Crippen molar-refractivity contribution < 1.29 is 26.4 Å². The zero-order valence-corrected chi connectivity index (χ0v) is 17.5. The number of alkyl halides is 3. The Morgan fingerprint density at radius 2 is 1.66 bits per heavy atom. The van der Waals surface area contributed by atoms with Gasteiger partial charge < -0.3 is 5.32 Å². The van der Waals surface area contributed by atoms with E-state index in [1.165, 1.54) is 42.5 Å². The number of benzene rings is 3. The fourth-order valence-corrected chi connectivity index (χ4v) is 4.44. The predicted octanol–water partition coefficient (Wildman–Crippen LogP) is 5.34. The Bertz CT molecular complexity index is 1230. The van der Waals surface area contributed by atoms with Gasteiger partial charge in [0.25, 0.3) is 15.9 Å². The summed E-state index contributed by atoms with van der Waals surface area (Å²) >= 11 is 0. The minimum atomic E-state index is -4.55. The van der Waals surface area contributed by atoms with Crippen LogP contribution in [0.2, 0.25) is 0 Å². The lowest BCUT2D eigenvalue weighted by Gasteiger charge is -2.23. The first kappa shape index (κ1) is 23.1. The highest BCUT2D eigenvalue weighted by Crippen LogP contribution is 2.31. The van der Waals surface area contributed by atoms with Crippen LogP contribution in [0.5, 0.6) is 0 Å². The second-order valence-electron chi connectivity index (χ2n) is 6.72. The quantitative estimate of drug-likeness (QED) is 0.484. The van der Waals surface area contributed by atoms with Crippen LogP contribution in [0, 0.1) is 0 Å². The van der Waals surface area contributed by atoms with E-state index in [2.05, 4.69) is 11.9 Å². The second kappa shape index (κ2) is 9.27. The molecule has 9 heteroatoms. The van der Waals surface area contributed by atoms with Gasteiger partial charge >= 0.3 is 6.18 Å². The highest BCUT2D eigenvalue weighted by atomic mass is 32.2. The Morgan fingerprint density at radius 1 is 0.969 bits per heavy atom. The van der Waals surface area contributed by atoms with Crippen molar-refractivity contribution in [3.8, 4) is 0 Å². The number of nitrogens with one attached hydrogen (secondary N) is 1. The van der Waals surface area contributed by atoms with Crippen LogP contribution in [0.1, 0.15) is 15.9 Å². The van der Waals surface area contributed by atoms with E-state index >= 15 is 0 Å². The highest BCUT2D eigenvalue weighted by molar-refractivity contribution is 7.92. The van der Waals surface area contributed by atoms with Crippen molar-refractivity contribution in [2.24, 2.45) is 0 Å². The maximum absolute atomic E-state index is 13.2. The number of sulfonamides is 1. The van der Waals surface area contributed by atoms with E-state index in [1.54, 1.807) is 30.3 Å². The van der Waals surface area contributed by atoms with Crippen molar-refractivity contribution in [3.63, 3.8) is 0 Å². The lowest BCUT2D eigenvalue weighted by Crippen LogP contribution is -2.31. The summed E-state index contributed by atoms with van der Waals surface area (Å²) < 4.78 is 66.3. The third-order valence-electron chi connectivity index (χ3n) is 4.47. The molecule has 0 aliphatic heterocycles. The Labute approximate surface area is 183 Å². The number of para-hydroxylation sites is 1. The van der Waals surface area contributed by atoms with Gasteiger partial charge in [0.05, 0.1) is 22.7 Å². The number of hydrogen-bond donors (Lipinski definition) is 1. The molecule has 5 nitrogen and oxygen atoms in total. The summed E-state index contributed by atoms with van der Waals surface area (Å²) in [6.45, 7) is 3.61. The molecule has 0 saturated carbocycles. The van der Waals surface area contributed by atoms with Gasteiger partial charge in [-0.1, -0.05) is 36.4 Å². The molecule has 1 N–H and O–H groups in total. The topological polar surface area (TPSA) is 66.5 Å². The first-order chi connectivity index (χ1) is 15.1. The number of carbonyl (C=O) groups excluding carboxylic acids is 1. The standard InChI is InChI=1S/C23H19F3N2O3S/c1-2-14-28(20-11-4-3-5-12-20)32(30,31)21-13-6-8-17(15-21)22(29)27-19-10-7-9-18(16-19)23(24,25)26/h2-13,15-16H,1,14H2,(H,27,29). The van der Waals surface area contributed by atoms with Crippen LogP contribution < -0.4 is 9.62 Å². The smallest absolute Gasteiger partial charge is 0.322 e. The summed E-state index contributed by atoms with van der Waals surface area (Å²) in [5.41, 5.74) is -0.563. The predicted molar refractivity (Wildman–Crippen MR) is 117 cm³/mol. The molecule has 32 heavy (non-hydrogen) atoms. The molecule has 0 spiro atoms. The zero-order valence-electron chi connectivity index (χ0n) is 16.7. The molecule has 0 aromatic heterocycles. The van der Waals surface area contributed by atoms with E-state index in [-0.39, 0.29) is 22.7 Å². The molecule has 0 radical (unpaired) electrons. The number of nitrogens with zero attached hydrogens (tertiary/aromatic N) is 1. The Balaban J connectivity index is 1.90. The summed E-state index contributed by atoms with van der Waals surface area (Å²) in [4.78, 5) is 12.5. The van der Waals surface area contributed by atoms with Crippen LogP contribution in [0.25, 0.3) is 0 Å². The molecule has 0 aliphatic rings. The number of amides is 1. The van der Waals surface area contributed by atoms with Crippen molar-refractivity contribution in [1.29, 1.82) is 0 Å². The molecule has 1 amide bonds. The van der Waals surface area contributed by atoms with Crippen LogP contribution in [0.15, 0.2) is 96.4 Å². The molecule has 0 aliphatic carbocycles. The average Bonchev–Trinajstić information content (AvgIpc) is 2.77. The second-order valence-corrected chi connectivity index (χ2v) is 8.58. The largest absolute Gasteiger partial charge is 0.416 e. The van der Waals surface area contributed by atoms with Crippen LogP contribution in [0.3, 0.4) is 0 Å². The first-order valence-electron chi connectivity index (χ1n) is 9.40. The van der Waals surface area contributed by atoms with Crippen molar-refractivity contribution in [2.45, 2.75) is 11.1 Å². The molecule has 0 atom stereocenters.